The maximum Gasteiger partial charge on any atom is 0.258 e. The minimum Gasteiger partial charge on any atom is -0.338 e. The molecule has 0 aliphatic carbocycles. The number of benzene rings is 3. The van der Waals surface area contributed by atoms with E-state index in [1.807, 2.05) is 79.7 Å². The van der Waals surface area contributed by atoms with Crippen LogP contribution in [0.3, 0.4) is 0 Å². The molecule has 3 aromatic carbocycles. The number of amides is 2. The Kier molecular flexibility index (Phi) is 6.31. The zero-order valence-corrected chi connectivity index (χ0v) is 21.3. The van der Waals surface area contributed by atoms with Gasteiger partial charge in [-0.05, 0) is 78.2 Å². The van der Waals surface area contributed by atoms with Gasteiger partial charge in [0, 0.05) is 41.0 Å². The summed E-state index contributed by atoms with van der Waals surface area (Å²) in [6.07, 6.45) is 5.15. The standard InChI is InChI=1S/C32H25N5O2/c1-21-19-24(35-31(38)27-9-3-2-8-26(27)22-14-17-33-18-15-22)12-13-25(21)32(39)37-20-23-7-6-16-34-30(23)36-28-10-4-5-11-29(28)37/h2-19H,20H2,1H3,(H,34,36)(H,35,38). The lowest BCUT2D eigenvalue weighted by molar-refractivity contribution is 0.0983. The van der Waals surface area contributed by atoms with Crippen molar-refractivity contribution in [2.75, 3.05) is 15.5 Å². The van der Waals surface area contributed by atoms with E-state index in [0.29, 0.717) is 23.4 Å². The highest BCUT2D eigenvalue weighted by Gasteiger charge is 2.26. The van der Waals surface area contributed by atoms with Crippen molar-refractivity contribution < 1.29 is 9.59 Å². The van der Waals surface area contributed by atoms with Gasteiger partial charge in [0.25, 0.3) is 11.8 Å². The summed E-state index contributed by atoms with van der Waals surface area (Å²) in [5, 5.41) is 6.36. The molecule has 3 heterocycles. The number of rotatable bonds is 4. The molecule has 2 aromatic heterocycles. The number of nitrogens with zero attached hydrogens (tertiary/aromatic N) is 3. The monoisotopic (exact) mass is 511 g/mol. The van der Waals surface area contributed by atoms with Crippen molar-refractivity contribution in [3.05, 3.63) is 132 Å². The van der Waals surface area contributed by atoms with Crippen LogP contribution in [0.1, 0.15) is 31.8 Å². The Morgan fingerprint density at radius 1 is 0.846 bits per heavy atom. The molecule has 0 atom stereocenters. The van der Waals surface area contributed by atoms with Crippen LogP contribution in [-0.2, 0) is 6.54 Å². The lowest BCUT2D eigenvalue weighted by atomic mass is 10.00. The highest BCUT2D eigenvalue weighted by Crippen LogP contribution is 2.36. The van der Waals surface area contributed by atoms with E-state index in [0.717, 1.165) is 39.4 Å². The van der Waals surface area contributed by atoms with E-state index in [9.17, 15) is 9.59 Å². The highest BCUT2D eigenvalue weighted by atomic mass is 16.2. The van der Waals surface area contributed by atoms with Gasteiger partial charge in [-0.3, -0.25) is 14.6 Å². The summed E-state index contributed by atoms with van der Waals surface area (Å²) in [7, 11) is 0. The molecule has 7 heteroatoms. The lowest BCUT2D eigenvalue weighted by Gasteiger charge is -2.23. The molecule has 190 valence electrons. The molecule has 39 heavy (non-hydrogen) atoms. The fourth-order valence-electron chi connectivity index (χ4n) is 4.85. The normalized spacial score (nSPS) is 12.0. The van der Waals surface area contributed by atoms with Gasteiger partial charge in [0.1, 0.15) is 5.82 Å². The van der Waals surface area contributed by atoms with E-state index in [-0.39, 0.29) is 11.8 Å². The minimum atomic E-state index is -0.225. The van der Waals surface area contributed by atoms with Crippen LogP contribution in [0.25, 0.3) is 11.1 Å². The number of pyridine rings is 2. The molecule has 0 fully saturated rings. The van der Waals surface area contributed by atoms with Crippen LogP contribution in [0, 0.1) is 6.92 Å². The van der Waals surface area contributed by atoms with E-state index < -0.39 is 0 Å². The van der Waals surface area contributed by atoms with Crippen molar-refractivity contribution in [2.24, 2.45) is 0 Å². The molecule has 0 unspecified atom stereocenters. The third-order valence-electron chi connectivity index (χ3n) is 6.79. The fraction of sp³-hybridized carbons (Fsp3) is 0.0625. The first-order valence-corrected chi connectivity index (χ1v) is 12.6. The number of fused-ring (bicyclic) bond motifs is 2. The van der Waals surface area contributed by atoms with Crippen LogP contribution in [0.4, 0.5) is 22.9 Å². The van der Waals surface area contributed by atoms with Gasteiger partial charge in [0.05, 0.1) is 17.9 Å². The molecule has 0 saturated carbocycles. The second kappa shape index (κ2) is 10.2. The SMILES string of the molecule is Cc1cc(NC(=O)c2ccccc2-c2ccncc2)ccc1C(=O)N1Cc2cccnc2Nc2ccccc21. The number of carbonyl (C=O) groups excluding carboxylic acids is 2. The summed E-state index contributed by atoms with van der Waals surface area (Å²) in [5.41, 5.74) is 6.77. The Morgan fingerprint density at radius 2 is 1.64 bits per heavy atom. The van der Waals surface area contributed by atoms with Gasteiger partial charge in [-0.15, -0.1) is 0 Å². The molecule has 0 bridgehead atoms. The maximum atomic E-state index is 13.9. The van der Waals surface area contributed by atoms with Crippen molar-refractivity contribution in [1.82, 2.24) is 9.97 Å². The molecule has 2 N–H and O–H groups in total. The second-order valence-corrected chi connectivity index (χ2v) is 9.31. The van der Waals surface area contributed by atoms with E-state index in [1.54, 1.807) is 41.7 Å². The van der Waals surface area contributed by atoms with Crippen LogP contribution >= 0.6 is 0 Å². The number of hydrogen-bond acceptors (Lipinski definition) is 5. The van der Waals surface area contributed by atoms with E-state index in [2.05, 4.69) is 20.6 Å². The average Bonchev–Trinajstić information content (AvgIpc) is 3.14. The van der Waals surface area contributed by atoms with Crippen molar-refractivity contribution >= 4 is 34.7 Å². The second-order valence-electron chi connectivity index (χ2n) is 9.31. The van der Waals surface area contributed by atoms with Crippen molar-refractivity contribution in [2.45, 2.75) is 13.5 Å². The predicted molar refractivity (Wildman–Crippen MR) is 153 cm³/mol. The van der Waals surface area contributed by atoms with Gasteiger partial charge in [-0.25, -0.2) is 4.98 Å². The smallest absolute Gasteiger partial charge is 0.258 e. The Hall–Kier alpha value is -5.30. The average molecular weight is 512 g/mol. The summed E-state index contributed by atoms with van der Waals surface area (Å²) >= 11 is 0. The Balaban J connectivity index is 1.28. The highest BCUT2D eigenvalue weighted by molar-refractivity contribution is 6.11. The number of aromatic nitrogens is 2. The Morgan fingerprint density at radius 3 is 2.49 bits per heavy atom. The van der Waals surface area contributed by atoms with Crippen LogP contribution in [0.15, 0.2) is 110 Å². The summed E-state index contributed by atoms with van der Waals surface area (Å²) in [5.74, 6) is 0.388. The lowest BCUT2D eigenvalue weighted by Crippen LogP contribution is -2.30. The molecule has 1 aliphatic rings. The van der Waals surface area contributed by atoms with E-state index in [1.165, 1.54) is 0 Å². The number of nitrogens with one attached hydrogen (secondary N) is 2. The number of anilines is 4. The molecular weight excluding hydrogens is 486 g/mol. The van der Waals surface area contributed by atoms with E-state index in [4.69, 9.17) is 0 Å². The first-order valence-electron chi connectivity index (χ1n) is 12.6. The number of carbonyl (C=O) groups is 2. The quantitative estimate of drug-likeness (QED) is 0.284. The number of hydrogen-bond donors (Lipinski definition) is 2. The van der Waals surface area contributed by atoms with Gasteiger partial charge in [-0.2, -0.15) is 0 Å². The molecule has 5 aromatic rings. The van der Waals surface area contributed by atoms with Gasteiger partial charge < -0.3 is 15.5 Å². The Labute approximate surface area is 226 Å². The predicted octanol–water partition coefficient (Wildman–Crippen LogP) is 6.61. The molecular formula is C32H25N5O2. The molecule has 0 radical (unpaired) electrons. The zero-order chi connectivity index (χ0) is 26.8. The third-order valence-corrected chi connectivity index (χ3v) is 6.79. The zero-order valence-electron chi connectivity index (χ0n) is 21.3. The van der Waals surface area contributed by atoms with Crippen molar-refractivity contribution in [3.63, 3.8) is 0 Å². The topological polar surface area (TPSA) is 87.2 Å². The van der Waals surface area contributed by atoms with Crippen LogP contribution in [0.2, 0.25) is 0 Å². The molecule has 0 spiro atoms. The largest absolute Gasteiger partial charge is 0.338 e. The summed E-state index contributed by atoms with van der Waals surface area (Å²) < 4.78 is 0. The minimum absolute atomic E-state index is 0.126. The van der Waals surface area contributed by atoms with Gasteiger partial charge >= 0.3 is 0 Å². The molecule has 7 nitrogen and oxygen atoms in total. The van der Waals surface area contributed by atoms with Crippen LogP contribution < -0.4 is 15.5 Å². The van der Waals surface area contributed by atoms with Gasteiger partial charge in [-0.1, -0.05) is 36.4 Å². The number of aryl methyl sites for hydroxylation is 1. The first-order chi connectivity index (χ1) is 19.1. The molecule has 6 rings (SSSR count). The molecule has 0 saturated heterocycles. The number of para-hydroxylation sites is 2. The molecule has 2 amide bonds. The van der Waals surface area contributed by atoms with Crippen LogP contribution in [-0.4, -0.2) is 21.8 Å². The van der Waals surface area contributed by atoms with Crippen LogP contribution in [0.5, 0.6) is 0 Å². The molecule has 1 aliphatic heterocycles. The summed E-state index contributed by atoms with van der Waals surface area (Å²) in [6.45, 7) is 2.26. The summed E-state index contributed by atoms with van der Waals surface area (Å²) in [4.78, 5) is 37.4. The maximum absolute atomic E-state index is 13.9. The fourth-order valence-corrected chi connectivity index (χ4v) is 4.85. The first kappa shape index (κ1) is 24.1. The van der Waals surface area contributed by atoms with Crippen molar-refractivity contribution in [3.8, 4) is 11.1 Å². The van der Waals surface area contributed by atoms with E-state index >= 15 is 0 Å². The summed E-state index contributed by atoms with van der Waals surface area (Å²) in [6, 6.07) is 28.1. The van der Waals surface area contributed by atoms with Gasteiger partial charge in [0.15, 0.2) is 0 Å². The van der Waals surface area contributed by atoms with Gasteiger partial charge in [0.2, 0.25) is 0 Å². The Bertz CT molecular complexity index is 1700. The van der Waals surface area contributed by atoms with Crippen molar-refractivity contribution in [1.29, 1.82) is 0 Å². The third kappa shape index (κ3) is 4.73.